The molecule has 0 radical (unpaired) electrons. The van der Waals surface area contributed by atoms with Crippen LogP contribution in [0.25, 0.3) is 0 Å². The number of hydrogen-bond acceptors (Lipinski definition) is 7. The number of hydrogen-bond donors (Lipinski definition) is 1. The molecule has 0 aliphatic rings. The van der Waals surface area contributed by atoms with Crippen molar-refractivity contribution in [3.8, 4) is 0 Å². The number of allylic oxidation sites excluding steroid dienone is 13. The van der Waals surface area contributed by atoms with E-state index < -0.39 is 26.6 Å². The van der Waals surface area contributed by atoms with Crippen LogP contribution in [0.1, 0.15) is 265 Å². The number of rotatable bonds is 55. The van der Waals surface area contributed by atoms with Gasteiger partial charge in [0.05, 0.1) is 33.8 Å². The molecule has 0 bridgehead atoms. The second kappa shape index (κ2) is 54.5. The molecular formula is C65H117N2O7P. The third-order valence-electron chi connectivity index (χ3n) is 13.3. The zero-order valence-corrected chi connectivity index (χ0v) is 50.4. The van der Waals surface area contributed by atoms with Crippen molar-refractivity contribution in [2.45, 2.75) is 277 Å². The normalized spacial score (nSPS) is 14.3. The summed E-state index contributed by atoms with van der Waals surface area (Å²) in [5.41, 5.74) is 0. The average Bonchev–Trinajstić information content (AvgIpc) is 3.37. The molecular weight excluding hydrogens is 952 g/mol. The Morgan fingerprint density at radius 1 is 0.480 bits per heavy atom. The molecule has 0 saturated heterocycles. The van der Waals surface area contributed by atoms with Crippen LogP contribution in [0.5, 0.6) is 0 Å². The van der Waals surface area contributed by atoms with Crippen LogP contribution in [0.3, 0.4) is 0 Å². The number of nitrogens with one attached hydrogen (secondary N) is 1. The first-order chi connectivity index (χ1) is 36.4. The number of ether oxygens (including phenoxy) is 1. The molecule has 75 heavy (non-hydrogen) atoms. The topological polar surface area (TPSA) is 114 Å². The van der Waals surface area contributed by atoms with Crippen LogP contribution in [-0.4, -0.2) is 69.4 Å². The maximum absolute atomic E-state index is 13.5. The first kappa shape index (κ1) is 72.2. The van der Waals surface area contributed by atoms with Crippen molar-refractivity contribution in [3.05, 3.63) is 85.1 Å². The van der Waals surface area contributed by atoms with Gasteiger partial charge in [-0.2, -0.15) is 0 Å². The number of carbonyl (C=O) groups is 2. The van der Waals surface area contributed by atoms with Gasteiger partial charge in [-0.25, -0.2) is 0 Å². The van der Waals surface area contributed by atoms with Crippen LogP contribution < -0.4 is 10.2 Å². The second-order valence-corrected chi connectivity index (χ2v) is 23.2. The van der Waals surface area contributed by atoms with Crippen molar-refractivity contribution in [1.29, 1.82) is 0 Å². The number of phosphoric acid groups is 1. The van der Waals surface area contributed by atoms with Crippen molar-refractivity contribution in [2.75, 3.05) is 40.9 Å². The van der Waals surface area contributed by atoms with Gasteiger partial charge in [0.15, 0.2) is 0 Å². The Morgan fingerprint density at radius 2 is 0.867 bits per heavy atom. The van der Waals surface area contributed by atoms with Gasteiger partial charge in [-0.1, -0.05) is 241 Å². The molecule has 434 valence electrons. The molecule has 9 nitrogen and oxygen atoms in total. The first-order valence-corrected chi connectivity index (χ1v) is 32.4. The largest absolute Gasteiger partial charge is 0.756 e. The van der Waals surface area contributed by atoms with E-state index in [9.17, 15) is 19.0 Å². The van der Waals surface area contributed by atoms with Gasteiger partial charge in [0.25, 0.3) is 7.82 Å². The number of esters is 1. The van der Waals surface area contributed by atoms with E-state index in [0.29, 0.717) is 17.4 Å². The predicted octanol–water partition coefficient (Wildman–Crippen LogP) is 18.4. The lowest BCUT2D eigenvalue weighted by atomic mass is 10.0. The van der Waals surface area contributed by atoms with Gasteiger partial charge in [-0.3, -0.25) is 14.2 Å². The van der Waals surface area contributed by atoms with Crippen molar-refractivity contribution < 1.29 is 37.3 Å². The Morgan fingerprint density at radius 3 is 1.33 bits per heavy atom. The number of carbonyl (C=O) groups excluding carboxylic acids is 2. The molecule has 0 rings (SSSR count). The highest BCUT2D eigenvalue weighted by Crippen LogP contribution is 2.38. The lowest BCUT2D eigenvalue weighted by Gasteiger charge is -2.30. The summed E-state index contributed by atoms with van der Waals surface area (Å²) in [6, 6.07) is -0.897. The van der Waals surface area contributed by atoms with Crippen molar-refractivity contribution in [1.82, 2.24) is 5.32 Å². The minimum absolute atomic E-state index is 0.0276. The van der Waals surface area contributed by atoms with Crippen LogP contribution in [0.15, 0.2) is 85.1 Å². The van der Waals surface area contributed by atoms with Crippen LogP contribution in [0, 0.1) is 0 Å². The molecule has 0 spiro atoms. The Kier molecular flexibility index (Phi) is 52.5. The zero-order valence-electron chi connectivity index (χ0n) is 49.5. The second-order valence-electron chi connectivity index (χ2n) is 21.8. The molecule has 0 fully saturated rings. The minimum Gasteiger partial charge on any atom is -0.756 e. The van der Waals surface area contributed by atoms with Crippen LogP contribution in [0.4, 0.5) is 0 Å². The molecule has 0 aliphatic heterocycles. The summed E-state index contributed by atoms with van der Waals surface area (Å²) in [6.45, 7) is 6.68. The first-order valence-electron chi connectivity index (χ1n) is 30.9. The SMILES string of the molecule is CC/C=C\C/C=C\C/C=C\C/C=C\C/C=C\CCCCCCCCCCCC(=O)OC(/C=C\CCCCCCCCCCCCC)C(COP(=O)([O-])OCC[N+](C)(C)C)NC(=O)CCCCCCC/C=C\CCCC. The van der Waals surface area contributed by atoms with Crippen LogP contribution in [-0.2, 0) is 27.9 Å². The number of nitrogens with zero attached hydrogens (tertiary/aromatic N) is 1. The summed E-state index contributed by atoms with van der Waals surface area (Å²) in [4.78, 5) is 39.9. The van der Waals surface area contributed by atoms with Crippen LogP contribution >= 0.6 is 7.82 Å². The van der Waals surface area contributed by atoms with Gasteiger partial charge in [0, 0.05) is 12.8 Å². The lowest BCUT2D eigenvalue weighted by molar-refractivity contribution is -0.870. The fourth-order valence-electron chi connectivity index (χ4n) is 8.53. The van der Waals surface area contributed by atoms with Gasteiger partial charge >= 0.3 is 5.97 Å². The summed E-state index contributed by atoms with van der Waals surface area (Å²) >= 11 is 0. The summed E-state index contributed by atoms with van der Waals surface area (Å²) in [6.07, 6.45) is 71.2. The van der Waals surface area contributed by atoms with Gasteiger partial charge in [0.1, 0.15) is 19.3 Å². The molecule has 0 aliphatic carbocycles. The molecule has 0 saturated carbocycles. The number of amides is 1. The Bertz CT molecular complexity index is 1560. The van der Waals surface area contributed by atoms with Gasteiger partial charge < -0.3 is 28.5 Å². The van der Waals surface area contributed by atoms with Crippen molar-refractivity contribution in [2.24, 2.45) is 0 Å². The molecule has 3 atom stereocenters. The number of phosphoric ester groups is 1. The highest BCUT2D eigenvalue weighted by molar-refractivity contribution is 7.45. The van der Waals surface area contributed by atoms with Gasteiger partial charge in [-0.15, -0.1) is 0 Å². The maximum Gasteiger partial charge on any atom is 0.306 e. The zero-order chi connectivity index (χ0) is 55.0. The molecule has 0 aromatic carbocycles. The molecule has 10 heteroatoms. The highest BCUT2D eigenvalue weighted by Gasteiger charge is 2.27. The Balaban J connectivity index is 5.16. The monoisotopic (exact) mass is 1070 g/mol. The Hall–Kier alpha value is -2.81. The fourth-order valence-corrected chi connectivity index (χ4v) is 9.25. The van der Waals surface area contributed by atoms with E-state index in [4.69, 9.17) is 13.8 Å². The van der Waals surface area contributed by atoms with Gasteiger partial charge in [-0.05, 0) is 96.0 Å². The van der Waals surface area contributed by atoms with Crippen LogP contribution in [0.2, 0.25) is 0 Å². The summed E-state index contributed by atoms with van der Waals surface area (Å²) in [5.74, 6) is -0.560. The van der Waals surface area contributed by atoms with E-state index in [-0.39, 0.29) is 24.9 Å². The molecule has 3 unspecified atom stereocenters. The van der Waals surface area contributed by atoms with E-state index in [1.54, 1.807) is 0 Å². The summed E-state index contributed by atoms with van der Waals surface area (Å²) < 4.78 is 30.3. The van der Waals surface area contributed by atoms with E-state index in [1.807, 2.05) is 33.3 Å². The average molecular weight is 1070 g/mol. The molecule has 0 aromatic rings. The molecule has 0 heterocycles. The van der Waals surface area contributed by atoms with Gasteiger partial charge in [0.2, 0.25) is 5.91 Å². The van der Waals surface area contributed by atoms with Crippen molar-refractivity contribution >= 4 is 19.7 Å². The standard InChI is InChI=1S/C65H117N2O7P/c1-7-10-13-16-19-22-25-27-28-29-30-31-32-33-34-35-36-37-38-40-43-46-49-52-55-58-65(69)74-63(56-53-50-47-44-42-39-26-23-20-17-14-11-8-2)62(61-73-75(70,71)72-60-59-67(4,5)6)66-64(68)57-54-51-48-45-41-24-21-18-15-12-9-3/h10,13,18-19,21-22,27-28,30-31,33-34,53,56,62-63H,7-9,11-12,14-17,20,23-26,29,32,35-52,54-55,57-61H2,1-6H3,(H-,66,68,70,71)/b13-10-,21-18-,22-19-,28-27-,31-30-,34-33-,56-53-. The Labute approximate surface area is 463 Å². The summed E-state index contributed by atoms with van der Waals surface area (Å²) in [5, 5.41) is 3.01. The molecule has 1 N–H and O–H groups in total. The smallest absolute Gasteiger partial charge is 0.306 e. The maximum atomic E-state index is 13.5. The number of unbranched alkanes of at least 4 members (excludes halogenated alkanes) is 27. The third-order valence-corrected chi connectivity index (χ3v) is 14.3. The lowest BCUT2D eigenvalue weighted by Crippen LogP contribution is -2.47. The number of likely N-dealkylation sites (N-methyl/N-ethyl adjacent to an activating group) is 1. The number of quaternary nitrogens is 1. The van der Waals surface area contributed by atoms with E-state index in [0.717, 1.165) is 128 Å². The predicted molar refractivity (Wildman–Crippen MR) is 321 cm³/mol. The summed E-state index contributed by atoms with van der Waals surface area (Å²) in [7, 11) is 1.17. The third kappa shape index (κ3) is 55.7. The van der Waals surface area contributed by atoms with E-state index in [2.05, 4.69) is 99.0 Å². The van der Waals surface area contributed by atoms with E-state index >= 15 is 0 Å². The minimum atomic E-state index is -4.70. The molecule has 0 aromatic heterocycles. The van der Waals surface area contributed by atoms with E-state index in [1.165, 1.54) is 103 Å². The fraction of sp³-hybridized carbons (Fsp3) is 0.754. The molecule has 1 amide bonds. The highest BCUT2D eigenvalue weighted by atomic mass is 31.2. The van der Waals surface area contributed by atoms with Crippen molar-refractivity contribution in [3.63, 3.8) is 0 Å². The quantitative estimate of drug-likeness (QED) is 0.0212.